The number of oxazole rings is 1. The Balaban J connectivity index is 1.68. The molecule has 0 radical (unpaired) electrons. The number of aromatic nitrogens is 2. The van der Waals surface area contributed by atoms with Gasteiger partial charge in [0, 0.05) is 21.0 Å². The fourth-order valence-electron chi connectivity index (χ4n) is 2.64. The number of carbonyl (C=O) groups is 1. The zero-order valence-corrected chi connectivity index (χ0v) is 17.1. The van der Waals surface area contributed by atoms with E-state index in [0.29, 0.717) is 33.4 Å². The lowest BCUT2D eigenvalue weighted by Gasteiger charge is -2.11. The van der Waals surface area contributed by atoms with Gasteiger partial charge in [0.05, 0.1) is 10.6 Å². The number of halogens is 2. The summed E-state index contributed by atoms with van der Waals surface area (Å²) in [6.07, 6.45) is 1.67. The van der Waals surface area contributed by atoms with Crippen molar-refractivity contribution in [2.75, 3.05) is 5.32 Å². The van der Waals surface area contributed by atoms with Crippen LogP contribution in [0.1, 0.15) is 15.9 Å². The first-order valence-corrected chi connectivity index (χ1v) is 9.56. The van der Waals surface area contributed by atoms with E-state index in [-0.39, 0.29) is 5.91 Å². The van der Waals surface area contributed by atoms with E-state index in [1.807, 2.05) is 37.3 Å². The minimum atomic E-state index is -0.266. The first-order valence-electron chi connectivity index (χ1n) is 8.10. The Kier molecular flexibility index (Phi) is 4.84. The Hall–Kier alpha value is -2.45. The third kappa shape index (κ3) is 3.68. The minimum Gasteiger partial charge on any atom is -0.434 e. The number of pyridine rings is 1. The van der Waals surface area contributed by atoms with Crippen LogP contribution in [0.3, 0.4) is 0 Å². The molecule has 0 unspecified atom stereocenters. The maximum atomic E-state index is 12.7. The molecule has 1 amide bonds. The van der Waals surface area contributed by atoms with E-state index < -0.39 is 0 Å². The molecule has 7 heteroatoms. The molecule has 4 aromatic rings. The van der Waals surface area contributed by atoms with E-state index in [2.05, 4.69) is 37.9 Å². The van der Waals surface area contributed by atoms with Crippen molar-refractivity contribution in [3.8, 4) is 11.5 Å². The predicted molar refractivity (Wildman–Crippen MR) is 114 cm³/mol. The number of anilines is 1. The smallest absolute Gasteiger partial charge is 0.257 e. The Bertz CT molecular complexity index is 1140. The zero-order valence-electron chi connectivity index (χ0n) is 14.2. The summed E-state index contributed by atoms with van der Waals surface area (Å²) in [5, 5.41) is 3.34. The Morgan fingerprint density at radius 3 is 2.85 bits per heavy atom. The highest BCUT2D eigenvalue weighted by Crippen LogP contribution is 2.28. The SMILES string of the molecule is Cc1ccc(-c2nc3ncccc3o2)cc1NC(=O)c1cc(I)ccc1Cl. The molecule has 0 aliphatic heterocycles. The van der Waals surface area contributed by atoms with Gasteiger partial charge in [0.2, 0.25) is 5.89 Å². The van der Waals surface area contributed by atoms with Gasteiger partial charge in [-0.05, 0) is 77.5 Å². The molecule has 134 valence electrons. The quantitative estimate of drug-likeness (QED) is 0.374. The maximum Gasteiger partial charge on any atom is 0.257 e. The number of nitrogens with zero attached hydrogens (tertiary/aromatic N) is 2. The van der Waals surface area contributed by atoms with Crippen LogP contribution in [0.25, 0.3) is 22.7 Å². The third-order valence-corrected chi connectivity index (χ3v) is 5.07. The molecule has 2 aromatic heterocycles. The predicted octanol–water partition coefficient (Wildman–Crippen LogP) is 5.71. The zero-order chi connectivity index (χ0) is 19.0. The fourth-order valence-corrected chi connectivity index (χ4v) is 3.34. The van der Waals surface area contributed by atoms with Crippen LogP contribution in [0.4, 0.5) is 5.69 Å². The van der Waals surface area contributed by atoms with E-state index in [0.717, 1.165) is 14.7 Å². The lowest BCUT2D eigenvalue weighted by atomic mass is 10.1. The van der Waals surface area contributed by atoms with Crippen LogP contribution in [0.2, 0.25) is 5.02 Å². The number of aryl methyl sites for hydroxylation is 1. The first-order chi connectivity index (χ1) is 13.0. The standard InChI is InChI=1S/C20H13ClIN3O2/c1-11-4-5-12(20-25-18-17(27-20)3-2-8-23-18)9-16(11)24-19(26)14-10-13(22)6-7-15(14)21/h2-10H,1H3,(H,24,26). The monoisotopic (exact) mass is 489 g/mol. The lowest BCUT2D eigenvalue weighted by Crippen LogP contribution is -2.13. The number of rotatable bonds is 3. The minimum absolute atomic E-state index is 0.266. The summed E-state index contributed by atoms with van der Waals surface area (Å²) in [7, 11) is 0. The van der Waals surface area contributed by atoms with Gasteiger partial charge in [-0.15, -0.1) is 0 Å². The highest BCUT2D eigenvalue weighted by molar-refractivity contribution is 14.1. The number of nitrogens with one attached hydrogen (secondary N) is 1. The van der Waals surface area contributed by atoms with Crippen molar-refractivity contribution >= 4 is 57.0 Å². The van der Waals surface area contributed by atoms with E-state index in [9.17, 15) is 4.79 Å². The van der Waals surface area contributed by atoms with Crippen molar-refractivity contribution in [1.82, 2.24) is 9.97 Å². The van der Waals surface area contributed by atoms with Gasteiger partial charge < -0.3 is 9.73 Å². The normalized spacial score (nSPS) is 10.9. The van der Waals surface area contributed by atoms with Gasteiger partial charge >= 0.3 is 0 Å². The molecular weight excluding hydrogens is 477 g/mol. The van der Waals surface area contributed by atoms with Crippen molar-refractivity contribution in [3.63, 3.8) is 0 Å². The molecular formula is C20H13ClIN3O2. The van der Waals surface area contributed by atoms with Crippen molar-refractivity contribution in [3.05, 3.63) is 74.4 Å². The first kappa shape index (κ1) is 17.9. The second-order valence-electron chi connectivity index (χ2n) is 5.95. The highest BCUT2D eigenvalue weighted by atomic mass is 127. The molecule has 0 saturated heterocycles. The van der Waals surface area contributed by atoms with Crippen LogP contribution in [-0.2, 0) is 0 Å². The molecule has 0 saturated carbocycles. The summed E-state index contributed by atoms with van der Waals surface area (Å²) in [4.78, 5) is 21.3. The van der Waals surface area contributed by atoms with Crippen molar-refractivity contribution in [2.45, 2.75) is 6.92 Å². The van der Waals surface area contributed by atoms with Gasteiger partial charge in [-0.25, -0.2) is 4.98 Å². The van der Waals surface area contributed by atoms with Gasteiger partial charge in [-0.3, -0.25) is 4.79 Å². The highest BCUT2D eigenvalue weighted by Gasteiger charge is 2.15. The van der Waals surface area contributed by atoms with E-state index in [1.165, 1.54) is 0 Å². The van der Waals surface area contributed by atoms with Crippen molar-refractivity contribution < 1.29 is 9.21 Å². The van der Waals surface area contributed by atoms with Gasteiger partial charge in [-0.1, -0.05) is 17.7 Å². The van der Waals surface area contributed by atoms with Gasteiger partial charge in [0.15, 0.2) is 11.2 Å². The fraction of sp³-hybridized carbons (Fsp3) is 0.0500. The van der Waals surface area contributed by atoms with Crippen LogP contribution in [0.15, 0.2) is 59.1 Å². The van der Waals surface area contributed by atoms with Crippen LogP contribution in [0, 0.1) is 10.5 Å². The Morgan fingerprint density at radius 2 is 2.04 bits per heavy atom. The van der Waals surface area contributed by atoms with E-state index in [4.69, 9.17) is 16.0 Å². The number of fused-ring (bicyclic) bond motifs is 1. The molecule has 27 heavy (non-hydrogen) atoms. The van der Waals surface area contributed by atoms with E-state index in [1.54, 1.807) is 24.4 Å². The summed E-state index contributed by atoms with van der Waals surface area (Å²) >= 11 is 8.32. The summed E-state index contributed by atoms with van der Waals surface area (Å²) < 4.78 is 6.70. The maximum absolute atomic E-state index is 12.7. The van der Waals surface area contributed by atoms with E-state index >= 15 is 0 Å². The number of amides is 1. The molecule has 5 nitrogen and oxygen atoms in total. The molecule has 0 aliphatic rings. The lowest BCUT2D eigenvalue weighted by molar-refractivity contribution is 0.102. The summed E-state index contributed by atoms with van der Waals surface area (Å²) in [6.45, 7) is 1.92. The molecule has 4 rings (SSSR count). The molecule has 1 N–H and O–H groups in total. The summed E-state index contributed by atoms with van der Waals surface area (Å²) in [6, 6.07) is 14.6. The largest absolute Gasteiger partial charge is 0.434 e. The molecule has 0 bridgehead atoms. The number of hydrogen-bond acceptors (Lipinski definition) is 4. The number of hydrogen-bond donors (Lipinski definition) is 1. The number of carbonyl (C=O) groups excluding carboxylic acids is 1. The van der Waals surface area contributed by atoms with Gasteiger partial charge in [0.25, 0.3) is 5.91 Å². The topological polar surface area (TPSA) is 68.0 Å². The molecule has 0 atom stereocenters. The van der Waals surface area contributed by atoms with Crippen molar-refractivity contribution in [2.24, 2.45) is 0 Å². The van der Waals surface area contributed by atoms with Crippen LogP contribution in [0.5, 0.6) is 0 Å². The second kappa shape index (κ2) is 7.28. The van der Waals surface area contributed by atoms with Crippen LogP contribution in [-0.4, -0.2) is 15.9 Å². The third-order valence-electron chi connectivity index (χ3n) is 4.07. The Labute approximate surface area is 173 Å². The summed E-state index contributed by atoms with van der Waals surface area (Å²) in [5.74, 6) is 0.185. The van der Waals surface area contributed by atoms with Gasteiger partial charge in [0.1, 0.15) is 0 Å². The van der Waals surface area contributed by atoms with Crippen LogP contribution >= 0.6 is 34.2 Å². The van der Waals surface area contributed by atoms with Crippen LogP contribution < -0.4 is 5.32 Å². The Morgan fingerprint density at radius 1 is 1.19 bits per heavy atom. The van der Waals surface area contributed by atoms with Gasteiger partial charge in [-0.2, -0.15) is 4.98 Å². The molecule has 0 aliphatic carbocycles. The average Bonchev–Trinajstić information content (AvgIpc) is 3.09. The number of benzene rings is 2. The van der Waals surface area contributed by atoms with Crippen molar-refractivity contribution in [1.29, 1.82) is 0 Å². The second-order valence-corrected chi connectivity index (χ2v) is 7.60. The molecule has 2 aromatic carbocycles. The molecule has 0 spiro atoms. The molecule has 0 fully saturated rings. The average molecular weight is 490 g/mol. The summed E-state index contributed by atoms with van der Waals surface area (Å²) in [5.41, 5.74) is 3.93. The molecule has 2 heterocycles.